The van der Waals surface area contributed by atoms with Crippen molar-refractivity contribution in [1.29, 1.82) is 0 Å². The van der Waals surface area contributed by atoms with Crippen molar-refractivity contribution in [3.8, 4) is 5.88 Å². The zero-order valence-electron chi connectivity index (χ0n) is 17.2. The largest absolute Gasteiger partial charge is 0.472 e. The number of hydrogen-bond donors (Lipinski definition) is 1. The lowest BCUT2D eigenvalue weighted by Crippen LogP contribution is -2.33. The van der Waals surface area contributed by atoms with E-state index in [4.69, 9.17) is 4.74 Å². The molecule has 2 aliphatic rings. The Labute approximate surface area is 182 Å². The minimum absolute atomic E-state index is 0.140. The van der Waals surface area contributed by atoms with E-state index in [1.54, 1.807) is 35.3 Å². The minimum atomic E-state index is -4.45. The summed E-state index contributed by atoms with van der Waals surface area (Å²) in [5.41, 5.74) is 0.331. The molecule has 0 bridgehead atoms. The number of nitrogens with zero attached hydrogens (tertiary/aromatic N) is 5. The van der Waals surface area contributed by atoms with Gasteiger partial charge in [-0.05, 0) is 24.3 Å². The summed E-state index contributed by atoms with van der Waals surface area (Å²) in [5.74, 6) is 0.497. The molecule has 2 aromatic heterocycles. The number of aromatic nitrogens is 2. The van der Waals surface area contributed by atoms with Gasteiger partial charge in [0.1, 0.15) is 23.8 Å². The van der Waals surface area contributed by atoms with Gasteiger partial charge >= 0.3 is 6.18 Å². The van der Waals surface area contributed by atoms with E-state index in [2.05, 4.69) is 26.9 Å². The van der Waals surface area contributed by atoms with Crippen LogP contribution in [0.1, 0.15) is 23.8 Å². The van der Waals surface area contributed by atoms with E-state index in [1.807, 2.05) is 0 Å². The molecule has 0 radical (unpaired) electrons. The van der Waals surface area contributed by atoms with Crippen molar-refractivity contribution in [2.24, 2.45) is 4.99 Å². The Morgan fingerprint density at radius 2 is 2.12 bits per heavy atom. The summed E-state index contributed by atoms with van der Waals surface area (Å²) in [5, 5.41) is 3.09. The number of alkyl halides is 3. The number of pyridine rings is 2. The summed E-state index contributed by atoms with van der Waals surface area (Å²) in [6, 6.07) is 5.70. The van der Waals surface area contributed by atoms with Gasteiger partial charge in [-0.2, -0.15) is 13.2 Å². The molecule has 1 amide bonds. The molecule has 0 saturated carbocycles. The van der Waals surface area contributed by atoms with Crippen LogP contribution in [0.25, 0.3) is 0 Å². The number of nitrogens with one attached hydrogen (secondary N) is 1. The second-order valence-corrected chi connectivity index (χ2v) is 7.46. The van der Waals surface area contributed by atoms with Crippen molar-refractivity contribution in [3.05, 3.63) is 54.4 Å². The number of halogens is 3. The van der Waals surface area contributed by atoms with E-state index in [0.29, 0.717) is 36.8 Å². The molecule has 1 fully saturated rings. The molecule has 0 spiro atoms. The van der Waals surface area contributed by atoms with Crippen molar-refractivity contribution in [2.75, 3.05) is 25.5 Å². The third kappa shape index (κ3) is 4.51. The van der Waals surface area contributed by atoms with E-state index in [1.165, 1.54) is 12.1 Å². The number of ether oxygens (including phenoxy) is 1. The summed E-state index contributed by atoms with van der Waals surface area (Å²) in [6.07, 6.45) is -0.834. The van der Waals surface area contributed by atoms with E-state index in [-0.39, 0.29) is 17.8 Å². The van der Waals surface area contributed by atoms with Crippen molar-refractivity contribution < 1.29 is 22.7 Å². The summed E-state index contributed by atoms with van der Waals surface area (Å²) >= 11 is 0. The van der Waals surface area contributed by atoms with Gasteiger partial charge in [0, 0.05) is 32.3 Å². The average Bonchev–Trinajstić information content (AvgIpc) is 3.23. The fourth-order valence-electron chi connectivity index (χ4n) is 3.52. The predicted octanol–water partition coefficient (Wildman–Crippen LogP) is 3.38. The number of rotatable bonds is 5. The highest BCUT2D eigenvalue weighted by atomic mass is 19.4. The van der Waals surface area contributed by atoms with Gasteiger partial charge in [-0.3, -0.25) is 4.79 Å². The first-order chi connectivity index (χ1) is 15.2. The monoisotopic (exact) mass is 446 g/mol. The molecule has 2 aliphatic heterocycles. The molecule has 4 rings (SSSR count). The number of hydrogen-bond acceptors (Lipinski definition) is 7. The number of amides is 1. The minimum Gasteiger partial charge on any atom is -0.472 e. The zero-order chi connectivity index (χ0) is 22.9. The topological polar surface area (TPSA) is 83.0 Å². The lowest BCUT2D eigenvalue weighted by atomic mass is 10.2. The van der Waals surface area contributed by atoms with Crippen molar-refractivity contribution in [3.63, 3.8) is 0 Å². The second kappa shape index (κ2) is 8.48. The molecule has 2 atom stereocenters. The van der Waals surface area contributed by atoms with Crippen molar-refractivity contribution in [2.45, 2.75) is 24.9 Å². The molecule has 2 aromatic rings. The molecule has 11 heteroatoms. The summed E-state index contributed by atoms with van der Waals surface area (Å²) in [4.78, 5) is 28.0. The molecule has 1 unspecified atom stereocenters. The van der Waals surface area contributed by atoms with Crippen LogP contribution in [0, 0.1) is 0 Å². The Morgan fingerprint density at radius 3 is 2.81 bits per heavy atom. The van der Waals surface area contributed by atoms with Gasteiger partial charge < -0.3 is 19.9 Å². The quantitative estimate of drug-likeness (QED) is 0.710. The van der Waals surface area contributed by atoms with Crippen LogP contribution in [0.2, 0.25) is 0 Å². The van der Waals surface area contributed by atoms with Gasteiger partial charge in [-0.25, -0.2) is 15.0 Å². The van der Waals surface area contributed by atoms with Crippen LogP contribution in [-0.2, 0) is 11.0 Å². The predicted molar refractivity (Wildman–Crippen MR) is 112 cm³/mol. The standard InChI is InChI=1S/C21H21F3N6O2/c1-3-18(31)30-9-8-14(11-30)32-17-7-5-15-19(28-17)20(29(2)12-26-15)27-16-6-4-13(10-25-16)21(22,23)24/h3-7,10,12,14,20H,1,8-9,11H2,2H3,(H,25,27)/t14-,20?/m0/s1. The number of carbonyl (C=O) groups excluding carboxylic acids is 1. The molecule has 1 saturated heterocycles. The Morgan fingerprint density at radius 1 is 1.31 bits per heavy atom. The molecule has 0 aromatic carbocycles. The van der Waals surface area contributed by atoms with Crippen LogP contribution < -0.4 is 10.1 Å². The molecular weight excluding hydrogens is 425 g/mol. The maximum absolute atomic E-state index is 12.8. The molecule has 1 N–H and O–H groups in total. The highest BCUT2D eigenvalue weighted by molar-refractivity contribution is 5.87. The summed E-state index contributed by atoms with van der Waals surface area (Å²) < 4.78 is 44.4. The van der Waals surface area contributed by atoms with Crippen LogP contribution in [0.4, 0.5) is 24.7 Å². The number of fused-ring (bicyclic) bond motifs is 1. The normalized spacial score (nSPS) is 20.1. The molecule has 32 heavy (non-hydrogen) atoms. The fourth-order valence-corrected chi connectivity index (χ4v) is 3.52. The third-order valence-electron chi connectivity index (χ3n) is 5.22. The molecule has 8 nitrogen and oxygen atoms in total. The lowest BCUT2D eigenvalue weighted by molar-refractivity contribution is -0.137. The molecule has 168 valence electrons. The lowest BCUT2D eigenvalue weighted by Gasteiger charge is -2.31. The van der Waals surface area contributed by atoms with Gasteiger partial charge in [0.25, 0.3) is 0 Å². The fraction of sp³-hybridized carbons (Fsp3) is 0.333. The zero-order valence-corrected chi connectivity index (χ0v) is 17.2. The van der Waals surface area contributed by atoms with Gasteiger partial charge in [-0.1, -0.05) is 6.58 Å². The first-order valence-electron chi connectivity index (χ1n) is 9.89. The number of aliphatic imine (C=N–C) groups is 1. The van der Waals surface area contributed by atoms with Gasteiger partial charge in [0.05, 0.1) is 24.1 Å². The Balaban J connectivity index is 1.51. The van der Waals surface area contributed by atoms with Gasteiger partial charge in [-0.15, -0.1) is 0 Å². The summed E-state index contributed by atoms with van der Waals surface area (Å²) in [7, 11) is 1.76. The van der Waals surface area contributed by atoms with E-state index in [9.17, 15) is 18.0 Å². The average molecular weight is 446 g/mol. The Hall–Kier alpha value is -3.63. The molecular formula is C21H21F3N6O2. The van der Waals surface area contributed by atoms with Crippen LogP contribution in [0.3, 0.4) is 0 Å². The van der Waals surface area contributed by atoms with Crippen molar-refractivity contribution in [1.82, 2.24) is 19.8 Å². The third-order valence-corrected chi connectivity index (χ3v) is 5.22. The SMILES string of the molecule is C=CC(=O)N1CC[C@H](Oc2ccc3c(n2)C(Nc2ccc(C(F)(F)F)cn2)N(C)C=N3)C1. The first kappa shape index (κ1) is 21.6. The second-order valence-electron chi connectivity index (χ2n) is 7.46. The van der Waals surface area contributed by atoms with Gasteiger partial charge in [0.2, 0.25) is 11.8 Å². The van der Waals surface area contributed by atoms with Gasteiger partial charge in [0.15, 0.2) is 0 Å². The smallest absolute Gasteiger partial charge is 0.417 e. The highest BCUT2D eigenvalue weighted by Crippen LogP contribution is 2.34. The van der Waals surface area contributed by atoms with Crippen molar-refractivity contribution >= 4 is 23.8 Å². The first-order valence-corrected chi connectivity index (χ1v) is 9.89. The van der Waals surface area contributed by atoms with Crippen LogP contribution >= 0.6 is 0 Å². The van der Waals surface area contributed by atoms with Crippen LogP contribution in [-0.4, -0.2) is 58.3 Å². The number of likely N-dealkylation sites (tertiary alicyclic amines) is 1. The number of anilines is 1. The number of carbonyl (C=O) groups is 1. The Bertz CT molecular complexity index is 1040. The Kier molecular flexibility index (Phi) is 5.72. The van der Waals surface area contributed by atoms with E-state index >= 15 is 0 Å². The summed E-state index contributed by atoms with van der Waals surface area (Å²) in [6.45, 7) is 4.52. The van der Waals surface area contributed by atoms with E-state index in [0.717, 1.165) is 12.3 Å². The molecule has 0 aliphatic carbocycles. The highest BCUT2D eigenvalue weighted by Gasteiger charge is 2.31. The van der Waals surface area contributed by atoms with Crippen LogP contribution in [0.15, 0.2) is 48.1 Å². The maximum Gasteiger partial charge on any atom is 0.417 e. The van der Waals surface area contributed by atoms with E-state index < -0.39 is 17.9 Å². The maximum atomic E-state index is 12.8. The van der Waals surface area contributed by atoms with Crippen LogP contribution in [0.5, 0.6) is 5.88 Å². The molecule has 4 heterocycles.